The molecule has 1 saturated heterocycles. The van der Waals surface area contributed by atoms with Gasteiger partial charge in [0.15, 0.2) is 5.78 Å². The molecule has 12 heteroatoms. The van der Waals surface area contributed by atoms with Crippen molar-refractivity contribution in [2.45, 2.75) is 38.1 Å². The Morgan fingerprint density at radius 2 is 2.00 bits per heavy atom. The third-order valence-corrected chi connectivity index (χ3v) is 6.92. The Balaban J connectivity index is 1.38. The van der Waals surface area contributed by atoms with E-state index in [-0.39, 0.29) is 43.2 Å². The van der Waals surface area contributed by atoms with Gasteiger partial charge in [-0.25, -0.2) is 4.98 Å². The first-order chi connectivity index (χ1) is 18.7. The van der Waals surface area contributed by atoms with E-state index in [9.17, 15) is 23.1 Å². The molecule has 5 rings (SSSR count). The number of hydrogen-bond donors (Lipinski definition) is 4. The number of alkyl halides is 3. The molecule has 0 bridgehead atoms. The molecule has 3 aromatic rings. The molecule has 2 aliphatic rings. The van der Waals surface area contributed by atoms with Crippen molar-refractivity contribution in [1.82, 2.24) is 9.97 Å². The molecule has 0 saturated carbocycles. The number of ketones is 1. The van der Waals surface area contributed by atoms with E-state index in [0.717, 1.165) is 23.1 Å². The summed E-state index contributed by atoms with van der Waals surface area (Å²) in [6.07, 6.45) is -2.66. The molecule has 0 amide bonds. The molecule has 0 aliphatic carbocycles. The predicted molar refractivity (Wildman–Crippen MR) is 142 cm³/mol. The lowest BCUT2D eigenvalue weighted by molar-refractivity contribution is -0.137. The van der Waals surface area contributed by atoms with Crippen LogP contribution in [0.1, 0.15) is 29.5 Å². The molecule has 2 aromatic carbocycles. The Kier molecular flexibility index (Phi) is 7.47. The Hall–Kier alpha value is -4.06. The molecule has 39 heavy (non-hydrogen) atoms. The first kappa shape index (κ1) is 26.5. The van der Waals surface area contributed by atoms with Crippen LogP contribution in [0.3, 0.4) is 0 Å². The maximum atomic E-state index is 13.8. The summed E-state index contributed by atoms with van der Waals surface area (Å²) in [5, 5.41) is 18.6. The smallest absolute Gasteiger partial charge is 0.421 e. The normalized spacial score (nSPS) is 15.9. The topological polar surface area (TPSA) is 112 Å². The molecule has 0 unspecified atom stereocenters. The van der Waals surface area contributed by atoms with Crippen LogP contribution in [0.4, 0.5) is 42.0 Å². The van der Waals surface area contributed by atoms with E-state index >= 15 is 0 Å². The molecule has 0 radical (unpaired) electrons. The molecule has 0 spiro atoms. The number of aliphatic hydroxyl groups excluding tert-OH is 1. The van der Waals surface area contributed by atoms with Gasteiger partial charge >= 0.3 is 6.18 Å². The van der Waals surface area contributed by atoms with Crippen LogP contribution in [-0.4, -0.2) is 53.7 Å². The van der Waals surface area contributed by atoms with E-state index in [2.05, 4.69) is 30.8 Å². The predicted octanol–water partition coefficient (Wildman–Crippen LogP) is 4.36. The molecule has 3 heterocycles. The number of nitrogens with one attached hydrogen (secondary N) is 3. The van der Waals surface area contributed by atoms with Crippen molar-refractivity contribution in [3.8, 4) is 5.75 Å². The van der Waals surface area contributed by atoms with Gasteiger partial charge in [-0.15, -0.1) is 0 Å². The molecule has 0 atom stereocenters. The van der Waals surface area contributed by atoms with Gasteiger partial charge in [0.25, 0.3) is 0 Å². The number of ether oxygens (including phenoxy) is 1. The number of carbonyl (C=O) groups is 1. The van der Waals surface area contributed by atoms with Crippen LogP contribution in [0.25, 0.3) is 0 Å². The minimum absolute atomic E-state index is 0.0114. The maximum Gasteiger partial charge on any atom is 0.421 e. The monoisotopic (exact) mass is 542 g/mol. The second-order valence-corrected chi connectivity index (χ2v) is 9.55. The summed E-state index contributed by atoms with van der Waals surface area (Å²) in [5.41, 5.74) is 2.67. The number of aliphatic hydroxyl groups is 1. The first-order valence-electron chi connectivity index (χ1n) is 12.6. The number of hydrogen-bond acceptors (Lipinski definition) is 9. The Labute approximate surface area is 223 Å². The quantitative estimate of drug-likeness (QED) is 0.346. The molecule has 1 fully saturated rings. The number of nitrogens with zero attached hydrogens (tertiary/aromatic N) is 3. The van der Waals surface area contributed by atoms with E-state index in [0.29, 0.717) is 42.9 Å². The fourth-order valence-corrected chi connectivity index (χ4v) is 4.82. The first-order valence-corrected chi connectivity index (χ1v) is 12.6. The summed E-state index contributed by atoms with van der Waals surface area (Å²) >= 11 is 0. The highest BCUT2D eigenvalue weighted by molar-refractivity contribution is 5.90. The summed E-state index contributed by atoms with van der Waals surface area (Å²) in [5.74, 6) is 0.0711. The van der Waals surface area contributed by atoms with Crippen LogP contribution in [0, 0.1) is 0 Å². The molecule has 4 N–H and O–H groups in total. The third kappa shape index (κ3) is 6.00. The second kappa shape index (κ2) is 11.0. The molecule has 206 valence electrons. The average Bonchev–Trinajstić information content (AvgIpc) is 2.92. The van der Waals surface area contributed by atoms with Crippen LogP contribution < -0.4 is 25.6 Å². The number of piperidine rings is 1. The van der Waals surface area contributed by atoms with Crippen LogP contribution in [0.5, 0.6) is 5.75 Å². The zero-order chi connectivity index (χ0) is 27.6. The van der Waals surface area contributed by atoms with E-state index in [1.54, 1.807) is 18.2 Å². The molecule has 1 aromatic heterocycles. The number of methoxy groups -OCH3 is 1. The van der Waals surface area contributed by atoms with Crippen LogP contribution in [-0.2, 0) is 23.9 Å². The lowest BCUT2D eigenvalue weighted by Crippen LogP contribution is -2.35. The van der Waals surface area contributed by atoms with Crippen molar-refractivity contribution in [2.75, 3.05) is 47.6 Å². The van der Waals surface area contributed by atoms with Crippen LogP contribution >= 0.6 is 0 Å². The summed E-state index contributed by atoms with van der Waals surface area (Å²) in [7, 11) is 1.50. The van der Waals surface area contributed by atoms with Crippen molar-refractivity contribution >= 4 is 34.6 Å². The van der Waals surface area contributed by atoms with Gasteiger partial charge in [-0.2, -0.15) is 18.2 Å². The van der Waals surface area contributed by atoms with E-state index in [1.807, 2.05) is 18.2 Å². The molecule has 2 aliphatic heterocycles. The van der Waals surface area contributed by atoms with Gasteiger partial charge < -0.3 is 30.7 Å². The largest absolute Gasteiger partial charge is 0.494 e. The maximum absolute atomic E-state index is 13.8. The lowest BCUT2D eigenvalue weighted by atomic mass is 9.97. The Morgan fingerprint density at radius 1 is 1.21 bits per heavy atom. The number of halogens is 3. The number of carbonyl (C=O) groups excluding carboxylic acids is 1. The Morgan fingerprint density at radius 3 is 2.74 bits per heavy atom. The standard InChI is InChI=1S/C27H29F3N6O3/c1-39-24-11-17(36-9-7-18(37)8-10-36)5-6-23(24)34-26-33-15-21(27(28,29)30)25(35-26)32-13-16-3-2-4-22-20(16)12-19(38)14-31-22/h2-6,11,15,18,31,37H,7-10,12-14H2,1H3,(H2,32,33,34,35). The number of benzene rings is 2. The van der Waals surface area contributed by atoms with Crippen molar-refractivity contribution in [3.63, 3.8) is 0 Å². The fraction of sp³-hybridized carbons (Fsp3) is 0.370. The van der Waals surface area contributed by atoms with Crippen molar-refractivity contribution in [1.29, 1.82) is 0 Å². The van der Waals surface area contributed by atoms with Crippen LogP contribution in [0.15, 0.2) is 42.6 Å². The van der Waals surface area contributed by atoms with Gasteiger partial charge in [0, 0.05) is 49.7 Å². The number of anilines is 5. The minimum atomic E-state index is -4.67. The number of rotatable bonds is 7. The zero-order valence-corrected chi connectivity index (χ0v) is 21.3. The van der Waals surface area contributed by atoms with Crippen molar-refractivity contribution in [2.24, 2.45) is 0 Å². The lowest BCUT2D eigenvalue weighted by Gasteiger charge is -2.31. The zero-order valence-electron chi connectivity index (χ0n) is 21.3. The second-order valence-electron chi connectivity index (χ2n) is 9.55. The number of aromatic nitrogens is 2. The van der Waals surface area contributed by atoms with Gasteiger partial charge in [-0.1, -0.05) is 12.1 Å². The van der Waals surface area contributed by atoms with Gasteiger partial charge in [0.2, 0.25) is 5.95 Å². The van der Waals surface area contributed by atoms with Crippen LogP contribution in [0.2, 0.25) is 0 Å². The van der Waals surface area contributed by atoms with E-state index in [1.165, 1.54) is 7.11 Å². The number of Topliss-reactive ketones (excluding diaryl/α,β-unsaturated/α-hetero) is 1. The van der Waals surface area contributed by atoms with E-state index < -0.39 is 11.7 Å². The molecule has 9 nitrogen and oxygen atoms in total. The van der Waals surface area contributed by atoms with Gasteiger partial charge in [-0.05, 0) is 42.2 Å². The van der Waals surface area contributed by atoms with Crippen molar-refractivity contribution < 1.29 is 27.8 Å². The summed E-state index contributed by atoms with van der Waals surface area (Å²) in [6, 6.07) is 10.9. The number of fused-ring (bicyclic) bond motifs is 1. The molecular formula is C27H29F3N6O3. The fourth-order valence-electron chi connectivity index (χ4n) is 4.82. The van der Waals surface area contributed by atoms with Gasteiger partial charge in [-0.3, -0.25) is 4.79 Å². The summed E-state index contributed by atoms with van der Waals surface area (Å²) in [6.45, 7) is 1.70. The minimum Gasteiger partial charge on any atom is -0.494 e. The highest BCUT2D eigenvalue weighted by Crippen LogP contribution is 2.36. The average molecular weight is 543 g/mol. The van der Waals surface area contributed by atoms with Gasteiger partial charge in [0.05, 0.1) is 25.4 Å². The highest BCUT2D eigenvalue weighted by Gasteiger charge is 2.35. The van der Waals surface area contributed by atoms with Gasteiger partial charge in [0.1, 0.15) is 17.1 Å². The van der Waals surface area contributed by atoms with Crippen molar-refractivity contribution in [3.05, 3.63) is 59.3 Å². The summed E-state index contributed by atoms with van der Waals surface area (Å²) in [4.78, 5) is 22.1. The Bertz CT molecular complexity index is 1360. The highest BCUT2D eigenvalue weighted by atomic mass is 19.4. The third-order valence-electron chi connectivity index (χ3n) is 6.92. The molecular weight excluding hydrogens is 513 g/mol. The van der Waals surface area contributed by atoms with E-state index in [4.69, 9.17) is 4.74 Å². The summed E-state index contributed by atoms with van der Waals surface area (Å²) < 4.78 is 46.9. The SMILES string of the molecule is COc1cc(N2CCC(O)CC2)ccc1Nc1ncc(C(F)(F)F)c(NCc2cccc3c2CC(=O)CN3)n1.